The number of ketones is 1. The van der Waals surface area contributed by atoms with Crippen LogP contribution in [0.1, 0.15) is 33.0 Å². The van der Waals surface area contributed by atoms with Gasteiger partial charge in [-0.15, -0.1) is 0 Å². The molecule has 1 aliphatic carbocycles. The predicted molar refractivity (Wildman–Crippen MR) is 130 cm³/mol. The number of allylic oxidation sites excluding steroid dienone is 1. The molecule has 2 heterocycles. The van der Waals surface area contributed by atoms with Gasteiger partial charge in [0.2, 0.25) is 0 Å². The fraction of sp³-hybridized carbons (Fsp3) is 0.0345. The van der Waals surface area contributed by atoms with Crippen LogP contribution in [0.5, 0.6) is 0 Å². The molecule has 0 amide bonds. The van der Waals surface area contributed by atoms with Crippen molar-refractivity contribution in [3.63, 3.8) is 0 Å². The highest BCUT2D eigenvalue weighted by Crippen LogP contribution is 2.50. The van der Waals surface area contributed by atoms with E-state index in [0.29, 0.717) is 28.0 Å². The Morgan fingerprint density at radius 3 is 2.33 bits per heavy atom. The molecule has 5 aromatic rings. The second-order valence-corrected chi connectivity index (χ2v) is 8.50. The lowest BCUT2D eigenvalue weighted by Gasteiger charge is -2.28. The van der Waals surface area contributed by atoms with Crippen molar-refractivity contribution < 1.29 is 9.21 Å². The van der Waals surface area contributed by atoms with Gasteiger partial charge in [-0.3, -0.25) is 4.79 Å². The average Bonchev–Trinajstić information content (AvgIpc) is 3.14. The molecule has 1 unspecified atom stereocenters. The van der Waals surface area contributed by atoms with Crippen LogP contribution < -0.4 is 10.9 Å². The molecule has 0 fully saturated rings. The molecule has 1 aromatic heterocycles. The Hall–Kier alpha value is -4.44. The van der Waals surface area contributed by atoms with Crippen molar-refractivity contribution in [2.24, 2.45) is 0 Å². The number of benzene rings is 4. The van der Waals surface area contributed by atoms with E-state index in [2.05, 4.69) is 17.4 Å². The summed E-state index contributed by atoms with van der Waals surface area (Å²) >= 11 is 0. The summed E-state index contributed by atoms with van der Waals surface area (Å²) in [5.74, 6) is -0.578. The van der Waals surface area contributed by atoms with Gasteiger partial charge in [-0.2, -0.15) is 0 Å². The molecule has 0 radical (unpaired) electrons. The van der Waals surface area contributed by atoms with Gasteiger partial charge >= 0.3 is 5.63 Å². The van der Waals surface area contributed by atoms with Crippen molar-refractivity contribution in [3.05, 3.63) is 129 Å². The monoisotopic (exact) mass is 427 g/mol. The number of nitrogens with one attached hydrogen (secondary N) is 1. The number of hydrogen-bond acceptors (Lipinski definition) is 4. The number of Topliss-reactive ketones (excluding diaryl/α,β-unsaturated/α-hetero) is 1. The third kappa shape index (κ3) is 2.46. The maximum atomic E-state index is 13.6. The number of fused-ring (bicyclic) bond motifs is 6. The van der Waals surface area contributed by atoms with Gasteiger partial charge in [0.15, 0.2) is 5.78 Å². The zero-order valence-electron chi connectivity index (χ0n) is 17.5. The van der Waals surface area contributed by atoms with Gasteiger partial charge in [0.05, 0.1) is 16.9 Å². The average molecular weight is 427 g/mol. The largest absolute Gasteiger partial charge is 0.422 e. The van der Waals surface area contributed by atoms with Crippen LogP contribution in [0.4, 0.5) is 5.69 Å². The van der Waals surface area contributed by atoms with E-state index in [9.17, 15) is 9.59 Å². The molecule has 0 saturated heterocycles. The van der Waals surface area contributed by atoms with E-state index in [-0.39, 0.29) is 5.78 Å². The number of rotatable bonds is 1. The first-order valence-corrected chi connectivity index (χ1v) is 10.9. The Morgan fingerprint density at radius 1 is 0.727 bits per heavy atom. The highest BCUT2D eigenvalue weighted by Gasteiger charge is 2.42. The predicted octanol–water partition coefficient (Wildman–Crippen LogP) is 6.11. The van der Waals surface area contributed by atoms with Crippen LogP contribution in [0.2, 0.25) is 0 Å². The Labute approximate surface area is 188 Å². The minimum absolute atomic E-state index is 0.0514. The lowest BCUT2D eigenvalue weighted by atomic mass is 9.80. The number of anilines is 1. The molecule has 0 spiro atoms. The zero-order chi connectivity index (χ0) is 22.1. The molecule has 1 N–H and O–H groups in total. The van der Waals surface area contributed by atoms with E-state index in [1.165, 1.54) is 0 Å². The highest BCUT2D eigenvalue weighted by molar-refractivity contribution is 6.24. The molecule has 7 rings (SSSR count). The van der Waals surface area contributed by atoms with E-state index < -0.39 is 11.5 Å². The van der Waals surface area contributed by atoms with Crippen molar-refractivity contribution in [1.82, 2.24) is 0 Å². The smallest absolute Gasteiger partial charge is 0.342 e. The lowest BCUT2D eigenvalue weighted by Crippen LogP contribution is -2.25. The van der Waals surface area contributed by atoms with E-state index in [1.54, 1.807) is 6.07 Å². The summed E-state index contributed by atoms with van der Waals surface area (Å²) in [5.41, 5.74) is 5.07. The Kier molecular flexibility index (Phi) is 3.59. The fourth-order valence-electron chi connectivity index (χ4n) is 5.26. The number of para-hydroxylation sites is 1. The van der Waals surface area contributed by atoms with Gasteiger partial charge in [-0.25, -0.2) is 4.79 Å². The van der Waals surface area contributed by atoms with E-state index in [4.69, 9.17) is 4.42 Å². The zero-order valence-corrected chi connectivity index (χ0v) is 17.5. The summed E-state index contributed by atoms with van der Waals surface area (Å²) in [6, 6.07) is 29.3. The van der Waals surface area contributed by atoms with Crippen LogP contribution in [-0.2, 0) is 0 Å². The first-order valence-electron chi connectivity index (χ1n) is 10.9. The molecule has 4 aromatic carbocycles. The van der Waals surface area contributed by atoms with Crippen molar-refractivity contribution in [2.45, 2.75) is 5.92 Å². The van der Waals surface area contributed by atoms with Crippen molar-refractivity contribution in [3.8, 4) is 0 Å². The van der Waals surface area contributed by atoms with Crippen LogP contribution >= 0.6 is 0 Å². The second-order valence-electron chi connectivity index (χ2n) is 8.50. The van der Waals surface area contributed by atoms with Crippen LogP contribution in [0.3, 0.4) is 0 Å². The Bertz CT molecular complexity index is 1740. The van der Waals surface area contributed by atoms with Gasteiger partial charge in [0.1, 0.15) is 5.58 Å². The van der Waals surface area contributed by atoms with Gasteiger partial charge in [-0.05, 0) is 28.5 Å². The fourth-order valence-corrected chi connectivity index (χ4v) is 5.26. The number of hydrogen-bond donors (Lipinski definition) is 1. The highest BCUT2D eigenvalue weighted by atomic mass is 16.4. The lowest BCUT2D eigenvalue weighted by molar-refractivity contribution is 0.103. The normalized spacial score (nSPS) is 16.5. The maximum Gasteiger partial charge on any atom is 0.342 e. The molecule has 2 aliphatic rings. The van der Waals surface area contributed by atoms with Gasteiger partial charge < -0.3 is 9.73 Å². The van der Waals surface area contributed by atoms with Crippen LogP contribution in [0, 0.1) is 0 Å². The quantitative estimate of drug-likeness (QED) is 0.328. The second kappa shape index (κ2) is 6.53. The molecule has 33 heavy (non-hydrogen) atoms. The summed E-state index contributed by atoms with van der Waals surface area (Å²) < 4.78 is 5.73. The summed E-state index contributed by atoms with van der Waals surface area (Å²) in [6.45, 7) is 0. The third-order valence-electron chi connectivity index (χ3n) is 6.74. The molecule has 4 nitrogen and oxygen atoms in total. The maximum absolute atomic E-state index is 13.6. The first kappa shape index (κ1) is 18.2. The van der Waals surface area contributed by atoms with E-state index >= 15 is 0 Å². The minimum Gasteiger partial charge on any atom is -0.422 e. The van der Waals surface area contributed by atoms with Crippen LogP contribution in [0.25, 0.3) is 27.4 Å². The van der Waals surface area contributed by atoms with Crippen LogP contribution in [-0.4, -0.2) is 5.78 Å². The Balaban J connectivity index is 1.59. The molecular formula is C29H17NO3. The SMILES string of the molecule is O=C1C2=C(Nc3c(c(=O)oc4ccccc34)C2c2ccc3ccccc3c2)c2ccccc21. The van der Waals surface area contributed by atoms with Gasteiger partial charge in [-0.1, -0.05) is 78.9 Å². The standard InChI is InChI=1S/C29H17NO3/c31-28-20-10-4-3-9-19(20)26-24(28)23(18-14-13-16-7-1-2-8-17(16)15-18)25-27(30-26)21-11-5-6-12-22(21)33-29(25)32/h1-15,23,30H. The van der Waals surface area contributed by atoms with Crippen LogP contribution in [0.15, 0.2) is 106 Å². The number of carbonyl (C=O) groups excluding carboxylic acids is 1. The van der Waals surface area contributed by atoms with Crippen molar-refractivity contribution in [2.75, 3.05) is 5.32 Å². The Morgan fingerprint density at radius 2 is 1.45 bits per heavy atom. The molecule has 4 heteroatoms. The minimum atomic E-state index is -0.526. The van der Waals surface area contributed by atoms with E-state index in [1.807, 2.05) is 72.8 Å². The summed E-state index contributed by atoms with van der Waals surface area (Å²) in [7, 11) is 0. The first-order chi connectivity index (χ1) is 16.2. The molecule has 156 valence electrons. The molecule has 0 bridgehead atoms. The molecule has 1 atom stereocenters. The third-order valence-corrected chi connectivity index (χ3v) is 6.74. The topological polar surface area (TPSA) is 59.3 Å². The molecular weight excluding hydrogens is 410 g/mol. The van der Waals surface area contributed by atoms with Gasteiger partial charge in [0, 0.05) is 28.0 Å². The van der Waals surface area contributed by atoms with Crippen molar-refractivity contribution >= 4 is 38.9 Å². The summed E-state index contributed by atoms with van der Waals surface area (Å²) in [6.07, 6.45) is 0. The summed E-state index contributed by atoms with van der Waals surface area (Å²) in [5, 5.41) is 6.45. The van der Waals surface area contributed by atoms with Crippen molar-refractivity contribution in [1.29, 1.82) is 0 Å². The molecule has 0 saturated carbocycles. The van der Waals surface area contributed by atoms with Gasteiger partial charge in [0.25, 0.3) is 0 Å². The molecule has 1 aliphatic heterocycles. The van der Waals surface area contributed by atoms with E-state index in [0.717, 1.165) is 33.0 Å². The summed E-state index contributed by atoms with van der Waals surface area (Å²) in [4.78, 5) is 27.0. The number of carbonyl (C=O) groups is 1.